The third-order valence-corrected chi connectivity index (χ3v) is 2.07. The highest BCUT2D eigenvalue weighted by molar-refractivity contribution is 7.47. The van der Waals surface area contributed by atoms with Gasteiger partial charge in [0, 0.05) is 6.42 Å². The van der Waals surface area contributed by atoms with Crippen molar-refractivity contribution >= 4 is 7.82 Å². The molecule has 12 heavy (non-hydrogen) atoms. The van der Waals surface area contributed by atoms with Gasteiger partial charge in [0.2, 0.25) is 0 Å². The van der Waals surface area contributed by atoms with E-state index >= 15 is 0 Å². The Labute approximate surface area is 71.5 Å². The van der Waals surface area contributed by atoms with Crippen LogP contribution in [-0.4, -0.2) is 18.1 Å². The summed E-state index contributed by atoms with van der Waals surface area (Å²) in [5, 5.41) is 8.13. The minimum atomic E-state index is -3.84. The normalized spacial score (nSPS) is 15.1. The summed E-state index contributed by atoms with van der Waals surface area (Å²) in [6, 6.07) is 1.89. The summed E-state index contributed by atoms with van der Waals surface area (Å²) in [6.07, 6.45) is 0.750. The van der Waals surface area contributed by atoms with E-state index in [0.29, 0.717) is 12.8 Å². The van der Waals surface area contributed by atoms with Crippen LogP contribution in [0.1, 0.15) is 19.8 Å². The maximum atomic E-state index is 10.8. The number of hydrogen-bond donors (Lipinski definition) is 1. The van der Waals surface area contributed by atoms with Gasteiger partial charge in [-0.3, -0.25) is 9.05 Å². The summed E-state index contributed by atoms with van der Waals surface area (Å²) >= 11 is 0. The predicted molar refractivity (Wildman–Crippen MR) is 42.3 cm³/mol. The molecule has 0 bridgehead atoms. The van der Waals surface area contributed by atoms with Crippen LogP contribution in [-0.2, 0) is 13.6 Å². The molecular formula is C6H12NO4P. The van der Waals surface area contributed by atoms with Crippen LogP contribution in [0.25, 0.3) is 0 Å². The van der Waals surface area contributed by atoms with Gasteiger partial charge in [-0.25, -0.2) is 4.57 Å². The first kappa shape index (κ1) is 11.6. The van der Waals surface area contributed by atoms with E-state index in [1.807, 2.05) is 6.07 Å². The molecule has 1 atom stereocenters. The number of unbranched alkanes of at least 4 members (excludes halogenated alkanes) is 1. The van der Waals surface area contributed by atoms with Crippen molar-refractivity contribution in [2.45, 2.75) is 19.8 Å². The Morgan fingerprint density at radius 1 is 1.58 bits per heavy atom. The third kappa shape index (κ3) is 6.32. The van der Waals surface area contributed by atoms with E-state index in [9.17, 15) is 4.57 Å². The third-order valence-electron chi connectivity index (χ3n) is 0.980. The van der Waals surface area contributed by atoms with Crippen LogP contribution in [0.2, 0.25) is 0 Å². The van der Waals surface area contributed by atoms with E-state index in [1.54, 1.807) is 6.92 Å². The summed E-state index contributed by atoms with van der Waals surface area (Å²) in [4.78, 5) is 8.84. The first-order chi connectivity index (χ1) is 5.62. The van der Waals surface area contributed by atoms with Gasteiger partial charge in [0.1, 0.15) is 0 Å². The average Bonchev–Trinajstić information content (AvgIpc) is 1.98. The first-order valence-corrected chi connectivity index (χ1v) is 5.10. The van der Waals surface area contributed by atoms with Crippen molar-refractivity contribution < 1.29 is 18.5 Å². The molecule has 70 valence electrons. The Kier molecular flexibility index (Phi) is 5.95. The maximum Gasteiger partial charge on any atom is 0.472 e. The van der Waals surface area contributed by atoms with Crippen LogP contribution in [0.3, 0.4) is 0 Å². The highest BCUT2D eigenvalue weighted by atomic mass is 31.2. The van der Waals surface area contributed by atoms with Crippen molar-refractivity contribution in [3.05, 3.63) is 0 Å². The number of nitriles is 1. The highest BCUT2D eigenvalue weighted by Gasteiger charge is 2.18. The molecule has 0 aromatic heterocycles. The molecule has 0 amide bonds. The van der Waals surface area contributed by atoms with E-state index in [0.717, 1.165) is 0 Å². The fourth-order valence-corrected chi connectivity index (χ4v) is 1.29. The van der Waals surface area contributed by atoms with Crippen LogP contribution < -0.4 is 0 Å². The van der Waals surface area contributed by atoms with Gasteiger partial charge in [0.25, 0.3) is 0 Å². The summed E-state index contributed by atoms with van der Waals surface area (Å²) in [5.41, 5.74) is 0. The molecular weight excluding hydrogens is 181 g/mol. The zero-order chi connectivity index (χ0) is 9.45. The topological polar surface area (TPSA) is 79.6 Å². The lowest BCUT2D eigenvalue weighted by atomic mass is 10.4. The molecule has 0 heterocycles. The zero-order valence-corrected chi connectivity index (χ0v) is 7.79. The second-order valence-electron chi connectivity index (χ2n) is 1.98. The van der Waals surface area contributed by atoms with Crippen LogP contribution in [0.15, 0.2) is 0 Å². The van der Waals surface area contributed by atoms with Crippen molar-refractivity contribution in [3.8, 4) is 6.07 Å². The number of phosphoric ester groups is 1. The molecule has 0 aromatic rings. The van der Waals surface area contributed by atoms with E-state index < -0.39 is 7.82 Å². The highest BCUT2D eigenvalue weighted by Crippen LogP contribution is 2.42. The number of hydrogen-bond acceptors (Lipinski definition) is 4. The lowest BCUT2D eigenvalue weighted by Crippen LogP contribution is -1.96. The molecule has 0 aliphatic rings. The van der Waals surface area contributed by atoms with Crippen molar-refractivity contribution in [1.82, 2.24) is 0 Å². The van der Waals surface area contributed by atoms with Gasteiger partial charge in [-0.15, -0.1) is 0 Å². The van der Waals surface area contributed by atoms with Crippen molar-refractivity contribution in [2.24, 2.45) is 0 Å². The minimum absolute atomic E-state index is 0.0708. The molecule has 0 aliphatic carbocycles. The molecule has 0 fully saturated rings. The average molecular weight is 193 g/mol. The van der Waals surface area contributed by atoms with Crippen LogP contribution in [0, 0.1) is 11.3 Å². The predicted octanol–water partition coefficient (Wildman–Crippen LogP) is 1.44. The molecule has 6 heteroatoms. The SMILES string of the molecule is CCOP(=O)(O)OCCCC#N. The molecule has 1 N–H and O–H groups in total. The Balaban J connectivity index is 3.49. The lowest BCUT2D eigenvalue weighted by molar-refractivity contribution is 0.154. The first-order valence-electron chi connectivity index (χ1n) is 3.61. The largest absolute Gasteiger partial charge is 0.472 e. The van der Waals surface area contributed by atoms with Crippen molar-refractivity contribution in [3.63, 3.8) is 0 Å². The second kappa shape index (κ2) is 6.15. The molecule has 0 saturated carbocycles. The van der Waals surface area contributed by atoms with Gasteiger partial charge in [-0.05, 0) is 13.3 Å². The molecule has 0 rings (SSSR count). The van der Waals surface area contributed by atoms with E-state index in [2.05, 4.69) is 9.05 Å². The van der Waals surface area contributed by atoms with Crippen molar-refractivity contribution in [1.29, 1.82) is 5.26 Å². The molecule has 0 radical (unpaired) electrons. The summed E-state index contributed by atoms with van der Waals surface area (Å²) < 4.78 is 19.7. The lowest BCUT2D eigenvalue weighted by Gasteiger charge is -2.09. The van der Waals surface area contributed by atoms with E-state index in [-0.39, 0.29) is 13.2 Å². The molecule has 0 aliphatic heterocycles. The van der Waals surface area contributed by atoms with Crippen LogP contribution >= 0.6 is 7.82 Å². The Hall–Kier alpha value is -0.400. The zero-order valence-electron chi connectivity index (χ0n) is 6.89. The Bertz CT molecular complexity index is 200. The van der Waals surface area contributed by atoms with Crippen LogP contribution in [0.5, 0.6) is 0 Å². The summed E-state index contributed by atoms with van der Waals surface area (Å²) in [7, 11) is -3.84. The summed E-state index contributed by atoms with van der Waals surface area (Å²) in [5.74, 6) is 0. The molecule has 0 saturated heterocycles. The second-order valence-corrected chi connectivity index (χ2v) is 3.43. The molecule has 1 unspecified atom stereocenters. The Morgan fingerprint density at radius 3 is 2.75 bits per heavy atom. The van der Waals surface area contributed by atoms with Gasteiger partial charge in [0.15, 0.2) is 0 Å². The quantitative estimate of drug-likeness (QED) is 0.510. The summed E-state index contributed by atoms with van der Waals surface area (Å²) in [6.45, 7) is 1.80. The molecule has 0 aromatic carbocycles. The van der Waals surface area contributed by atoms with Gasteiger partial charge in [-0.2, -0.15) is 5.26 Å². The minimum Gasteiger partial charge on any atom is -0.302 e. The van der Waals surface area contributed by atoms with Crippen LogP contribution in [0.4, 0.5) is 0 Å². The fourth-order valence-electron chi connectivity index (χ4n) is 0.532. The smallest absolute Gasteiger partial charge is 0.302 e. The number of nitrogens with zero attached hydrogens (tertiary/aromatic N) is 1. The molecule has 0 spiro atoms. The maximum absolute atomic E-state index is 10.8. The fraction of sp³-hybridized carbons (Fsp3) is 0.833. The monoisotopic (exact) mass is 193 g/mol. The number of rotatable bonds is 6. The Morgan fingerprint density at radius 2 is 2.25 bits per heavy atom. The van der Waals surface area contributed by atoms with Gasteiger partial charge >= 0.3 is 7.82 Å². The van der Waals surface area contributed by atoms with E-state index in [4.69, 9.17) is 10.2 Å². The van der Waals surface area contributed by atoms with Gasteiger partial charge < -0.3 is 4.89 Å². The standard InChI is InChI=1S/C6H12NO4P/c1-2-10-12(8,9)11-6-4-3-5-7/h2-4,6H2,1H3,(H,8,9). The van der Waals surface area contributed by atoms with Crippen molar-refractivity contribution in [2.75, 3.05) is 13.2 Å². The van der Waals surface area contributed by atoms with Gasteiger partial charge in [0.05, 0.1) is 19.3 Å². The van der Waals surface area contributed by atoms with E-state index in [1.165, 1.54) is 0 Å². The number of phosphoric acid groups is 1. The van der Waals surface area contributed by atoms with Gasteiger partial charge in [-0.1, -0.05) is 0 Å². The molecule has 5 nitrogen and oxygen atoms in total.